The Balaban J connectivity index is 3.47. The topological polar surface area (TPSA) is 91.3 Å². The molecule has 1 aromatic heterocycles. The number of hydrogen-bond donors (Lipinski definition) is 1. The number of alkyl halides is 2. The lowest BCUT2D eigenvalue weighted by atomic mass is 10.2. The lowest BCUT2D eigenvalue weighted by Crippen LogP contribution is -2.04. The van der Waals surface area contributed by atoms with Crippen LogP contribution < -0.4 is 10.5 Å². The van der Waals surface area contributed by atoms with Crippen LogP contribution in [0.3, 0.4) is 0 Å². The maximum atomic E-state index is 12.5. The highest BCUT2D eigenvalue weighted by molar-refractivity contribution is 5.59. The quantitative estimate of drug-likeness (QED) is 0.614. The van der Waals surface area contributed by atoms with Gasteiger partial charge in [0.25, 0.3) is 6.43 Å². The molecule has 15 heavy (non-hydrogen) atoms. The highest BCUT2D eigenvalue weighted by Gasteiger charge is 2.27. The second-order valence-corrected chi connectivity index (χ2v) is 2.53. The summed E-state index contributed by atoms with van der Waals surface area (Å²) in [5, 5.41) is 10.5. The second kappa shape index (κ2) is 4.03. The SMILES string of the molecule is COc1c([N+](=O)[O-])cnc(N)c1C(F)F. The summed E-state index contributed by atoms with van der Waals surface area (Å²) in [6, 6.07) is 0. The number of halogens is 2. The first kappa shape index (κ1) is 11.1. The molecule has 0 aliphatic heterocycles. The molecule has 0 fully saturated rings. The van der Waals surface area contributed by atoms with Crippen molar-refractivity contribution in [2.24, 2.45) is 0 Å². The van der Waals surface area contributed by atoms with Gasteiger partial charge in [0, 0.05) is 0 Å². The van der Waals surface area contributed by atoms with Gasteiger partial charge in [-0.1, -0.05) is 0 Å². The van der Waals surface area contributed by atoms with Crippen LogP contribution in [0.2, 0.25) is 0 Å². The molecule has 2 N–H and O–H groups in total. The zero-order valence-electron chi connectivity index (χ0n) is 7.61. The number of ether oxygens (including phenoxy) is 1. The van der Waals surface area contributed by atoms with Crippen molar-refractivity contribution < 1.29 is 18.4 Å². The fourth-order valence-corrected chi connectivity index (χ4v) is 1.07. The Morgan fingerprint density at radius 3 is 2.67 bits per heavy atom. The van der Waals surface area contributed by atoms with Gasteiger partial charge >= 0.3 is 5.69 Å². The molecule has 0 bridgehead atoms. The molecule has 0 saturated heterocycles. The van der Waals surface area contributed by atoms with Crippen molar-refractivity contribution in [3.63, 3.8) is 0 Å². The summed E-state index contributed by atoms with van der Waals surface area (Å²) >= 11 is 0. The molecule has 0 saturated carbocycles. The number of aromatic nitrogens is 1. The van der Waals surface area contributed by atoms with Crippen molar-refractivity contribution >= 4 is 11.5 Å². The average Bonchev–Trinajstić information content (AvgIpc) is 2.15. The van der Waals surface area contributed by atoms with Gasteiger partial charge in [0.05, 0.1) is 12.0 Å². The van der Waals surface area contributed by atoms with Crippen LogP contribution in [0.15, 0.2) is 6.20 Å². The molecule has 1 aromatic rings. The van der Waals surface area contributed by atoms with Crippen LogP contribution in [0, 0.1) is 10.1 Å². The lowest BCUT2D eigenvalue weighted by Gasteiger charge is -2.09. The van der Waals surface area contributed by atoms with E-state index in [9.17, 15) is 18.9 Å². The van der Waals surface area contributed by atoms with E-state index in [2.05, 4.69) is 9.72 Å². The lowest BCUT2D eigenvalue weighted by molar-refractivity contribution is -0.386. The minimum atomic E-state index is -2.98. The van der Waals surface area contributed by atoms with Gasteiger partial charge in [-0.3, -0.25) is 10.1 Å². The van der Waals surface area contributed by atoms with Gasteiger partial charge < -0.3 is 10.5 Å². The number of anilines is 1. The number of nitrogens with two attached hydrogens (primary N) is 1. The molecule has 82 valence electrons. The third-order valence-corrected chi connectivity index (χ3v) is 1.70. The molecule has 0 aliphatic carbocycles. The van der Waals surface area contributed by atoms with Crippen molar-refractivity contribution in [1.29, 1.82) is 0 Å². The first-order valence-corrected chi connectivity index (χ1v) is 3.74. The molecule has 6 nitrogen and oxygen atoms in total. The van der Waals surface area contributed by atoms with E-state index in [0.29, 0.717) is 0 Å². The molecule has 0 unspecified atom stereocenters. The average molecular weight is 219 g/mol. The molecule has 0 radical (unpaired) electrons. The predicted molar refractivity (Wildman–Crippen MR) is 46.8 cm³/mol. The molecule has 1 rings (SSSR count). The van der Waals surface area contributed by atoms with Crippen molar-refractivity contribution in [2.75, 3.05) is 12.8 Å². The Kier molecular flexibility index (Phi) is 2.98. The third kappa shape index (κ3) is 1.92. The van der Waals surface area contributed by atoms with Crippen LogP contribution in [-0.2, 0) is 0 Å². The Hall–Kier alpha value is -1.99. The minimum Gasteiger partial charge on any atom is -0.490 e. The van der Waals surface area contributed by atoms with Crippen molar-refractivity contribution in [3.8, 4) is 5.75 Å². The van der Waals surface area contributed by atoms with Crippen molar-refractivity contribution in [3.05, 3.63) is 21.9 Å². The summed E-state index contributed by atoms with van der Waals surface area (Å²) in [4.78, 5) is 12.9. The van der Waals surface area contributed by atoms with Gasteiger partial charge in [0.15, 0.2) is 0 Å². The number of pyridine rings is 1. The molecule has 0 amide bonds. The van der Waals surface area contributed by atoms with Crippen molar-refractivity contribution in [2.45, 2.75) is 6.43 Å². The highest BCUT2D eigenvalue weighted by Crippen LogP contribution is 2.38. The van der Waals surface area contributed by atoms with Gasteiger partial charge in [-0.25, -0.2) is 13.8 Å². The first-order valence-electron chi connectivity index (χ1n) is 3.74. The van der Waals surface area contributed by atoms with Gasteiger partial charge in [-0.2, -0.15) is 0 Å². The smallest absolute Gasteiger partial charge is 0.329 e. The molecule has 0 atom stereocenters. The Morgan fingerprint density at radius 1 is 1.67 bits per heavy atom. The fraction of sp³-hybridized carbons (Fsp3) is 0.286. The van der Waals surface area contributed by atoms with Crippen LogP contribution >= 0.6 is 0 Å². The standard InChI is InChI=1S/C7H7F2N3O3/c1-15-5-3(12(13)14)2-11-7(10)4(5)6(8)9/h2,6H,1H3,(H2,10,11). The van der Waals surface area contributed by atoms with E-state index in [1.54, 1.807) is 0 Å². The van der Waals surface area contributed by atoms with E-state index in [4.69, 9.17) is 5.73 Å². The second-order valence-electron chi connectivity index (χ2n) is 2.53. The zero-order chi connectivity index (χ0) is 11.6. The minimum absolute atomic E-state index is 0.479. The van der Waals surface area contributed by atoms with E-state index in [0.717, 1.165) is 13.3 Å². The fourth-order valence-electron chi connectivity index (χ4n) is 1.07. The monoisotopic (exact) mass is 219 g/mol. The maximum Gasteiger partial charge on any atom is 0.329 e. The van der Waals surface area contributed by atoms with Crippen LogP contribution in [0.5, 0.6) is 5.75 Å². The van der Waals surface area contributed by atoms with E-state index >= 15 is 0 Å². The van der Waals surface area contributed by atoms with Crippen LogP contribution in [0.1, 0.15) is 12.0 Å². The van der Waals surface area contributed by atoms with Gasteiger partial charge in [-0.05, 0) is 0 Å². The Bertz CT molecular complexity index is 397. The Labute approximate surface area is 82.8 Å². The first-order chi connectivity index (χ1) is 6.99. The zero-order valence-corrected chi connectivity index (χ0v) is 7.61. The van der Waals surface area contributed by atoms with Gasteiger partial charge in [0.2, 0.25) is 5.75 Å². The summed E-state index contributed by atoms with van der Waals surface area (Å²) in [7, 11) is 1.05. The van der Waals surface area contributed by atoms with Crippen molar-refractivity contribution in [1.82, 2.24) is 4.98 Å². The van der Waals surface area contributed by atoms with E-state index in [-0.39, 0.29) is 0 Å². The van der Waals surface area contributed by atoms with Gasteiger partial charge in [-0.15, -0.1) is 0 Å². The summed E-state index contributed by atoms with van der Waals surface area (Å²) in [6.45, 7) is 0. The molecule has 8 heteroatoms. The molecule has 0 spiro atoms. The number of nitrogen functional groups attached to an aromatic ring is 1. The summed E-state index contributed by atoms with van der Waals surface area (Å²) < 4.78 is 29.5. The van der Waals surface area contributed by atoms with Crippen LogP contribution in [0.4, 0.5) is 20.3 Å². The largest absolute Gasteiger partial charge is 0.490 e. The molecule has 1 heterocycles. The maximum absolute atomic E-state index is 12.5. The normalized spacial score (nSPS) is 10.4. The van der Waals surface area contributed by atoms with E-state index in [1.165, 1.54) is 0 Å². The number of nitro groups is 1. The van der Waals surface area contributed by atoms with E-state index in [1.807, 2.05) is 0 Å². The Morgan fingerprint density at radius 2 is 2.27 bits per heavy atom. The molecular formula is C7H7F2N3O3. The van der Waals surface area contributed by atoms with Gasteiger partial charge in [0.1, 0.15) is 17.6 Å². The molecule has 0 aliphatic rings. The molecule has 0 aromatic carbocycles. The number of nitrogens with zero attached hydrogens (tertiary/aromatic N) is 2. The molecular weight excluding hydrogens is 212 g/mol. The van der Waals surface area contributed by atoms with Crippen LogP contribution in [0.25, 0.3) is 0 Å². The van der Waals surface area contributed by atoms with Crippen LogP contribution in [-0.4, -0.2) is 17.0 Å². The number of methoxy groups -OCH3 is 1. The summed E-state index contributed by atoms with van der Waals surface area (Å²) in [5.74, 6) is -1.03. The predicted octanol–water partition coefficient (Wildman–Crippen LogP) is 1.52. The van der Waals surface area contributed by atoms with E-state index < -0.39 is 34.2 Å². The number of hydrogen-bond acceptors (Lipinski definition) is 5. The summed E-state index contributed by atoms with van der Waals surface area (Å²) in [6.07, 6.45) is -2.20. The number of rotatable bonds is 3. The third-order valence-electron chi connectivity index (χ3n) is 1.70. The highest BCUT2D eigenvalue weighted by atomic mass is 19.3. The summed E-state index contributed by atoms with van der Waals surface area (Å²) in [5.41, 5.74) is 3.78.